The molecular formula is C25H23ClFN3O4. The molecule has 2 atom stereocenters. The lowest BCUT2D eigenvalue weighted by molar-refractivity contribution is 0.0696. The molecule has 0 spiro atoms. The van der Waals surface area contributed by atoms with Crippen molar-refractivity contribution < 1.29 is 23.8 Å². The van der Waals surface area contributed by atoms with Crippen molar-refractivity contribution in [2.24, 2.45) is 0 Å². The van der Waals surface area contributed by atoms with E-state index < -0.39 is 5.97 Å². The van der Waals surface area contributed by atoms with Crippen LogP contribution in [-0.4, -0.2) is 41.2 Å². The first-order valence-corrected chi connectivity index (χ1v) is 11.1. The third-order valence-electron chi connectivity index (χ3n) is 5.64. The largest absolute Gasteiger partial charge is 0.489 e. The third kappa shape index (κ3) is 5.46. The minimum Gasteiger partial charge on any atom is -0.489 e. The molecule has 0 aliphatic carbocycles. The molecular weight excluding hydrogens is 461 g/mol. The lowest BCUT2D eigenvalue weighted by Crippen LogP contribution is -2.31. The maximum Gasteiger partial charge on any atom is 0.335 e. The number of carbonyl (C=O) groups is 2. The van der Waals surface area contributed by atoms with E-state index in [1.54, 1.807) is 30.3 Å². The Kier molecular flexibility index (Phi) is 6.98. The minimum absolute atomic E-state index is 0.134. The number of carboxylic acid groups (broad SMARTS) is 1. The zero-order valence-electron chi connectivity index (χ0n) is 18.4. The van der Waals surface area contributed by atoms with E-state index in [-0.39, 0.29) is 29.4 Å². The quantitative estimate of drug-likeness (QED) is 0.505. The van der Waals surface area contributed by atoms with E-state index in [1.165, 1.54) is 30.5 Å². The number of anilines is 1. The number of halogens is 2. The summed E-state index contributed by atoms with van der Waals surface area (Å²) < 4.78 is 19.1. The number of hydrogen-bond donors (Lipinski definition) is 2. The van der Waals surface area contributed by atoms with Gasteiger partial charge in [0, 0.05) is 19.2 Å². The fraction of sp³-hybridized carbons (Fsp3) is 0.240. The van der Waals surface area contributed by atoms with Gasteiger partial charge in [-0.25, -0.2) is 14.2 Å². The van der Waals surface area contributed by atoms with E-state index in [0.29, 0.717) is 35.2 Å². The van der Waals surface area contributed by atoms with Gasteiger partial charge in [-0.15, -0.1) is 0 Å². The van der Waals surface area contributed by atoms with Gasteiger partial charge in [0.05, 0.1) is 28.7 Å². The summed E-state index contributed by atoms with van der Waals surface area (Å²) in [6, 6.07) is 13.4. The minimum atomic E-state index is -1.01. The highest BCUT2D eigenvalue weighted by Crippen LogP contribution is 2.27. The van der Waals surface area contributed by atoms with E-state index in [4.69, 9.17) is 21.4 Å². The first kappa shape index (κ1) is 23.5. The van der Waals surface area contributed by atoms with Crippen molar-refractivity contribution in [2.45, 2.75) is 25.5 Å². The maximum atomic E-state index is 13.1. The molecule has 0 radical (unpaired) electrons. The molecule has 2 aromatic carbocycles. The molecule has 7 nitrogen and oxygen atoms in total. The Bertz CT molecular complexity index is 1190. The van der Waals surface area contributed by atoms with E-state index in [1.807, 2.05) is 11.8 Å². The monoisotopic (exact) mass is 483 g/mol. The molecule has 1 amide bonds. The Morgan fingerprint density at radius 2 is 1.91 bits per heavy atom. The maximum absolute atomic E-state index is 13.1. The van der Waals surface area contributed by atoms with Gasteiger partial charge in [0.2, 0.25) is 0 Å². The second kappa shape index (κ2) is 10.1. The Labute approximate surface area is 201 Å². The second-order valence-electron chi connectivity index (χ2n) is 8.08. The Balaban J connectivity index is 1.46. The average Bonchev–Trinajstić information content (AvgIpc) is 3.28. The molecule has 34 heavy (non-hydrogen) atoms. The number of benzene rings is 2. The molecule has 0 bridgehead atoms. The van der Waals surface area contributed by atoms with Crippen molar-refractivity contribution in [3.05, 3.63) is 88.3 Å². The summed E-state index contributed by atoms with van der Waals surface area (Å²) in [4.78, 5) is 30.6. The highest BCUT2D eigenvalue weighted by molar-refractivity contribution is 6.31. The average molecular weight is 484 g/mol. The van der Waals surface area contributed by atoms with Gasteiger partial charge in [-0.1, -0.05) is 23.7 Å². The van der Waals surface area contributed by atoms with Crippen molar-refractivity contribution in [2.75, 3.05) is 18.0 Å². The van der Waals surface area contributed by atoms with Crippen LogP contribution < -0.4 is 15.0 Å². The van der Waals surface area contributed by atoms with E-state index in [2.05, 4.69) is 10.3 Å². The standard InChI is InChI=1S/C25H23ClFN3O4/c1-15(16-2-4-17(5-3-16)25(32)33)29-24(31)22-12-18(26)13-28-23(22)30-11-10-21(14-30)34-20-8-6-19(27)7-9-20/h2-9,12-13,15,21H,10-11,14H2,1H3,(H,29,31)(H,32,33)/t15-,21?/m0/s1. The van der Waals surface area contributed by atoms with Gasteiger partial charge in [-0.05, 0) is 55.0 Å². The van der Waals surface area contributed by atoms with Crippen LogP contribution in [0.15, 0.2) is 60.8 Å². The van der Waals surface area contributed by atoms with Crippen molar-refractivity contribution in [1.29, 1.82) is 0 Å². The number of carbonyl (C=O) groups excluding carboxylic acids is 1. The lowest BCUT2D eigenvalue weighted by atomic mass is 10.1. The summed E-state index contributed by atoms with van der Waals surface area (Å²) in [6.07, 6.45) is 2.08. The van der Waals surface area contributed by atoms with Crippen LogP contribution in [0.2, 0.25) is 5.02 Å². The molecule has 1 unspecified atom stereocenters. The van der Waals surface area contributed by atoms with Crippen molar-refractivity contribution in [1.82, 2.24) is 10.3 Å². The van der Waals surface area contributed by atoms with Gasteiger partial charge >= 0.3 is 5.97 Å². The summed E-state index contributed by atoms with van der Waals surface area (Å²) in [7, 11) is 0. The summed E-state index contributed by atoms with van der Waals surface area (Å²) in [5, 5.41) is 12.3. The summed E-state index contributed by atoms with van der Waals surface area (Å²) in [5.74, 6) is -0.597. The highest BCUT2D eigenvalue weighted by Gasteiger charge is 2.29. The van der Waals surface area contributed by atoms with Crippen molar-refractivity contribution in [3.63, 3.8) is 0 Å². The van der Waals surface area contributed by atoms with Gasteiger partial charge in [-0.2, -0.15) is 0 Å². The number of ether oxygens (including phenoxy) is 1. The van der Waals surface area contributed by atoms with Crippen molar-refractivity contribution in [3.8, 4) is 5.75 Å². The van der Waals surface area contributed by atoms with Crippen LogP contribution in [0.5, 0.6) is 5.75 Å². The first-order chi connectivity index (χ1) is 16.3. The normalized spacial score (nSPS) is 16.2. The fourth-order valence-corrected chi connectivity index (χ4v) is 4.00. The van der Waals surface area contributed by atoms with Crippen molar-refractivity contribution >= 4 is 29.3 Å². The number of carboxylic acids is 1. The third-order valence-corrected chi connectivity index (χ3v) is 5.85. The van der Waals surface area contributed by atoms with Gasteiger partial charge in [0.1, 0.15) is 23.5 Å². The number of nitrogens with zero attached hydrogens (tertiary/aromatic N) is 2. The molecule has 9 heteroatoms. The van der Waals surface area contributed by atoms with Crippen LogP contribution in [0.4, 0.5) is 10.2 Å². The number of amides is 1. The first-order valence-electron chi connectivity index (χ1n) is 10.8. The molecule has 1 aromatic heterocycles. The van der Waals surface area contributed by atoms with Crippen LogP contribution >= 0.6 is 11.6 Å². The van der Waals surface area contributed by atoms with Gasteiger partial charge in [-0.3, -0.25) is 4.79 Å². The number of nitrogens with one attached hydrogen (secondary N) is 1. The summed E-state index contributed by atoms with van der Waals surface area (Å²) >= 11 is 6.15. The second-order valence-corrected chi connectivity index (χ2v) is 8.51. The molecule has 1 aliphatic heterocycles. The molecule has 0 saturated carbocycles. The SMILES string of the molecule is C[C@H](NC(=O)c1cc(Cl)cnc1N1CCC(Oc2ccc(F)cc2)C1)c1ccc(C(=O)O)cc1. The van der Waals surface area contributed by atoms with E-state index in [9.17, 15) is 14.0 Å². The summed E-state index contributed by atoms with van der Waals surface area (Å²) in [6.45, 7) is 2.96. The molecule has 3 aromatic rings. The van der Waals surface area contributed by atoms with Crippen LogP contribution in [0.3, 0.4) is 0 Å². The zero-order valence-corrected chi connectivity index (χ0v) is 19.1. The van der Waals surface area contributed by atoms with Crippen LogP contribution in [-0.2, 0) is 0 Å². The van der Waals surface area contributed by atoms with Gasteiger partial charge < -0.3 is 20.1 Å². The molecule has 4 rings (SSSR count). The number of pyridine rings is 1. The van der Waals surface area contributed by atoms with E-state index >= 15 is 0 Å². The van der Waals surface area contributed by atoms with Gasteiger partial charge in [0.15, 0.2) is 0 Å². The number of rotatable bonds is 7. The molecule has 2 heterocycles. The number of aromatic nitrogens is 1. The lowest BCUT2D eigenvalue weighted by Gasteiger charge is -2.22. The van der Waals surface area contributed by atoms with Gasteiger partial charge in [0.25, 0.3) is 5.91 Å². The molecule has 1 aliphatic rings. The topological polar surface area (TPSA) is 91.8 Å². The molecule has 2 N–H and O–H groups in total. The Morgan fingerprint density at radius 3 is 2.59 bits per heavy atom. The Morgan fingerprint density at radius 1 is 1.21 bits per heavy atom. The summed E-state index contributed by atoms with van der Waals surface area (Å²) in [5.41, 5.74) is 1.28. The number of hydrogen-bond acceptors (Lipinski definition) is 5. The molecule has 176 valence electrons. The predicted octanol–water partition coefficient (Wildman–Crippen LogP) is 4.72. The molecule has 1 fully saturated rings. The highest BCUT2D eigenvalue weighted by atomic mass is 35.5. The zero-order chi connectivity index (χ0) is 24.2. The predicted molar refractivity (Wildman–Crippen MR) is 126 cm³/mol. The van der Waals surface area contributed by atoms with Crippen LogP contribution in [0, 0.1) is 5.82 Å². The van der Waals surface area contributed by atoms with E-state index in [0.717, 1.165) is 12.0 Å². The smallest absolute Gasteiger partial charge is 0.335 e. The molecule has 1 saturated heterocycles. The number of aromatic carboxylic acids is 1. The van der Waals surface area contributed by atoms with Crippen LogP contribution in [0.1, 0.15) is 45.7 Å². The van der Waals surface area contributed by atoms with Crippen LogP contribution in [0.25, 0.3) is 0 Å². The fourth-order valence-electron chi connectivity index (χ4n) is 3.85. The Hall–Kier alpha value is -3.65.